The van der Waals surface area contributed by atoms with Gasteiger partial charge in [0.2, 0.25) is 0 Å². The molecule has 0 atom stereocenters. The molecule has 1 aromatic heterocycles. The zero-order valence-electron chi connectivity index (χ0n) is 13.7. The van der Waals surface area contributed by atoms with Crippen LogP contribution in [0.25, 0.3) is 10.2 Å². The normalized spacial score (nSPS) is 11.8. The summed E-state index contributed by atoms with van der Waals surface area (Å²) in [5.74, 6) is 0.358. The van der Waals surface area contributed by atoms with E-state index in [1.54, 1.807) is 17.8 Å². The largest absolute Gasteiger partial charge is 0.316 e. The maximum absolute atomic E-state index is 12.5. The van der Waals surface area contributed by atoms with E-state index in [0.717, 1.165) is 16.0 Å². The van der Waals surface area contributed by atoms with E-state index in [-0.39, 0.29) is 11.3 Å². The van der Waals surface area contributed by atoms with Crippen molar-refractivity contribution in [2.45, 2.75) is 6.54 Å². The lowest BCUT2D eigenvalue weighted by molar-refractivity contribution is -0.384. The number of thioether (sulfide) groups is 1. The number of thiazole rings is 1. The van der Waals surface area contributed by atoms with Crippen molar-refractivity contribution in [1.82, 2.24) is 4.57 Å². The predicted octanol–water partition coefficient (Wildman–Crippen LogP) is 4.37. The fourth-order valence-corrected chi connectivity index (χ4v) is 4.13. The van der Waals surface area contributed by atoms with E-state index in [1.807, 2.05) is 23.0 Å². The summed E-state index contributed by atoms with van der Waals surface area (Å²) >= 11 is 9.13. The number of halogens is 1. The fraction of sp³-hybridized carbons (Fsp3) is 0.176. The van der Waals surface area contributed by atoms with Gasteiger partial charge in [-0.1, -0.05) is 29.0 Å². The van der Waals surface area contributed by atoms with Crippen LogP contribution in [0.2, 0.25) is 5.02 Å². The Morgan fingerprint density at radius 1 is 1.35 bits per heavy atom. The summed E-state index contributed by atoms with van der Waals surface area (Å²) in [5, 5.41) is 11.5. The van der Waals surface area contributed by atoms with Crippen molar-refractivity contribution in [2.75, 3.05) is 12.0 Å². The third-order valence-electron chi connectivity index (χ3n) is 3.66. The second kappa shape index (κ2) is 8.03. The van der Waals surface area contributed by atoms with Crippen LogP contribution in [0.15, 0.2) is 47.5 Å². The number of hydrogen-bond acceptors (Lipinski definition) is 5. The molecule has 0 bridgehead atoms. The highest BCUT2D eigenvalue weighted by molar-refractivity contribution is 7.98. The highest BCUT2D eigenvalue weighted by Gasteiger charge is 2.13. The van der Waals surface area contributed by atoms with Crippen LogP contribution in [0.1, 0.15) is 10.4 Å². The van der Waals surface area contributed by atoms with Gasteiger partial charge >= 0.3 is 0 Å². The molecule has 3 rings (SSSR count). The molecule has 0 aliphatic rings. The van der Waals surface area contributed by atoms with Crippen LogP contribution in [-0.2, 0) is 6.54 Å². The van der Waals surface area contributed by atoms with Crippen LogP contribution in [0.4, 0.5) is 5.69 Å². The number of fused-ring (bicyclic) bond motifs is 1. The highest BCUT2D eigenvalue weighted by Crippen LogP contribution is 2.22. The summed E-state index contributed by atoms with van der Waals surface area (Å²) in [6.07, 6.45) is 2.01. The summed E-state index contributed by atoms with van der Waals surface area (Å²) < 4.78 is 2.91. The molecule has 0 aliphatic carbocycles. The molecular weight excluding hydrogens is 394 g/mol. The molecule has 1 amide bonds. The number of non-ortho nitro benzene ring substituents is 1. The van der Waals surface area contributed by atoms with Gasteiger partial charge < -0.3 is 4.57 Å². The van der Waals surface area contributed by atoms with Crippen molar-refractivity contribution in [3.05, 3.63) is 68.0 Å². The highest BCUT2D eigenvalue weighted by atomic mass is 35.5. The molecule has 0 aliphatic heterocycles. The summed E-state index contributed by atoms with van der Waals surface area (Å²) in [7, 11) is 0. The SMILES string of the molecule is CSCCn1c(=NC(=O)c2cccc([N+](=O)[O-])c2)sc2cc(Cl)ccc21. The smallest absolute Gasteiger partial charge is 0.279 e. The third-order valence-corrected chi connectivity index (χ3v) is 5.53. The Morgan fingerprint density at radius 2 is 2.15 bits per heavy atom. The van der Waals surface area contributed by atoms with Gasteiger partial charge in [0.25, 0.3) is 11.6 Å². The van der Waals surface area contributed by atoms with Crippen LogP contribution in [0.5, 0.6) is 0 Å². The summed E-state index contributed by atoms with van der Waals surface area (Å²) in [6, 6.07) is 11.1. The molecule has 1 heterocycles. The molecule has 0 N–H and O–H groups in total. The summed E-state index contributed by atoms with van der Waals surface area (Å²) in [5.41, 5.74) is 1.01. The van der Waals surface area contributed by atoms with Crippen LogP contribution < -0.4 is 4.80 Å². The topological polar surface area (TPSA) is 77.5 Å². The second-order valence-electron chi connectivity index (χ2n) is 5.37. The number of amides is 1. The first-order chi connectivity index (χ1) is 12.5. The van der Waals surface area contributed by atoms with Crippen molar-refractivity contribution >= 4 is 56.5 Å². The molecule has 0 fully saturated rings. The summed E-state index contributed by atoms with van der Waals surface area (Å²) in [4.78, 5) is 27.7. The molecule has 9 heteroatoms. The lowest BCUT2D eigenvalue weighted by Crippen LogP contribution is -2.18. The quantitative estimate of drug-likeness (QED) is 0.464. The predicted molar refractivity (Wildman–Crippen MR) is 106 cm³/mol. The van der Waals surface area contributed by atoms with Crippen LogP contribution in [-0.4, -0.2) is 27.4 Å². The molecule has 26 heavy (non-hydrogen) atoms. The van der Waals surface area contributed by atoms with E-state index >= 15 is 0 Å². The number of benzene rings is 2. The van der Waals surface area contributed by atoms with Crippen molar-refractivity contribution in [2.24, 2.45) is 4.99 Å². The van der Waals surface area contributed by atoms with Gasteiger partial charge in [-0.15, -0.1) is 0 Å². The zero-order valence-corrected chi connectivity index (χ0v) is 16.1. The number of rotatable bonds is 5. The van der Waals surface area contributed by atoms with E-state index < -0.39 is 10.8 Å². The lowest BCUT2D eigenvalue weighted by atomic mass is 10.2. The Labute approximate surface area is 162 Å². The number of carbonyl (C=O) groups excluding carboxylic acids is 1. The Bertz CT molecular complexity index is 1060. The van der Waals surface area contributed by atoms with Gasteiger partial charge in [0.1, 0.15) is 0 Å². The molecular formula is C17H14ClN3O3S2. The molecule has 0 radical (unpaired) electrons. The number of nitrogens with zero attached hydrogens (tertiary/aromatic N) is 3. The standard InChI is InChI=1S/C17H14ClN3O3S2/c1-25-8-7-20-14-6-5-12(18)10-15(14)26-17(20)19-16(22)11-3-2-4-13(9-11)21(23)24/h2-6,9-10H,7-8H2,1H3. The van der Waals surface area contributed by atoms with Crippen molar-refractivity contribution in [3.63, 3.8) is 0 Å². The van der Waals surface area contributed by atoms with Crippen LogP contribution in [0.3, 0.4) is 0 Å². The van der Waals surface area contributed by atoms with Crippen LogP contribution >= 0.6 is 34.7 Å². The minimum atomic E-state index is -0.531. The van der Waals surface area contributed by atoms with Crippen molar-refractivity contribution in [1.29, 1.82) is 0 Å². The fourth-order valence-electron chi connectivity index (χ4n) is 2.43. The Balaban J connectivity index is 2.09. The number of aromatic nitrogens is 1. The number of nitro groups is 1. The minimum Gasteiger partial charge on any atom is -0.316 e. The lowest BCUT2D eigenvalue weighted by Gasteiger charge is -2.03. The molecule has 0 saturated carbocycles. The monoisotopic (exact) mass is 407 g/mol. The first kappa shape index (κ1) is 18.6. The third kappa shape index (κ3) is 3.98. The molecule has 134 valence electrons. The van der Waals surface area contributed by atoms with E-state index in [1.165, 1.54) is 35.6 Å². The zero-order chi connectivity index (χ0) is 18.7. The molecule has 0 unspecified atom stereocenters. The van der Waals surface area contributed by atoms with Gasteiger partial charge in [-0.05, 0) is 30.5 Å². The molecule has 2 aromatic carbocycles. The van der Waals surface area contributed by atoms with Crippen molar-refractivity contribution < 1.29 is 9.72 Å². The van der Waals surface area contributed by atoms with E-state index in [9.17, 15) is 14.9 Å². The average Bonchev–Trinajstić information content (AvgIpc) is 2.95. The summed E-state index contributed by atoms with van der Waals surface area (Å²) in [6.45, 7) is 0.698. The van der Waals surface area contributed by atoms with Crippen LogP contribution in [0, 0.1) is 10.1 Å². The number of aryl methyl sites for hydroxylation is 1. The number of nitro benzene ring substituents is 1. The van der Waals surface area contributed by atoms with E-state index in [2.05, 4.69) is 4.99 Å². The number of carbonyl (C=O) groups is 1. The molecule has 0 spiro atoms. The second-order valence-corrected chi connectivity index (χ2v) is 7.80. The Kier molecular flexibility index (Phi) is 5.75. The molecule has 6 nitrogen and oxygen atoms in total. The maximum atomic E-state index is 12.5. The van der Waals surface area contributed by atoms with Crippen molar-refractivity contribution in [3.8, 4) is 0 Å². The Morgan fingerprint density at radius 3 is 2.88 bits per heavy atom. The number of hydrogen-bond donors (Lipinski definition) is 0. The molecule has 0 saturated heterocycles. The Hall–Kier alpha value is -2.16. The van der Waals surface area contributed by atoms with Gasteiger partial charge in [0.15, 0.2) is 4.80 Å². The van der Waals surface area contributed by atoms with Gasteiger partial charge in [0.05, 0.1) is 15.1 Å². The van der Waals surface area contributed by atoms with E-state index in [0.29, 0.717) is 16.4 Å². The van der Waals surface area contributed by atoms with E-state index in [4.69, 9.17) is 11.6 Å². The van der Waals surface area contributed by atoms with Gasteiger partial charge in [-0.25, -0.2) is 0 Å². The minimum absolute atomic E-state index is 0.135. The maximum Gasteiger partial charge on any atom is 0.279 e. The van der Waals surface area contributed by atoms with Gasteiger partial charge in [0, 0.05) is 35.0 Å². The first-order valence-corrected chi connectivity index (χ1v) is 10.2. The molecule has 3 aromatic rings. The van der Waals surface area contributed by atoms with Gasteiger partial charge in [-0.2, -0.15) is 16.8 Å². The van der Waals surface area contributed by atoms with Gasteiger partial charge in [-0.3, -0.25) is 14.9 Å². The average molecular weight is 408 g/mol. The first-order valence-electron chi connectivity index (χ1n) is 7.61.